The van der Waals surface area contributed by atoms with Crippen LogP contribution in [0.4, 0.5) is 0 Å². The van der Waals surface area contributed by atoms with Crippen LogP contribution >= 0.6 is 44.5 Å². The minimum absolute atomic E-state index is 0.0182. The number of halogens is 1. The molecular weight excluding hydrogens is 498 g/mol. The van der Waals surface area contributed by atoms with Gasteiger partial charge >= 0.3 is 11.9 Å². The van der Waals surface area contributed by atoms with Gasteiger partial charge in [0, 0.05) is 11.3 Å². The number of hydrogen-bond donors (Lipinski definition) is 0. The number of carbonyl (C=O) groups excluding carboxylic acids is 2. The molecule has 0 aliphatic carbocycles. The number of nitrogens with zero attached hydrogens (tertiary/aromatic N) is 1. The molecule has 2 aromatic carbocycles. The highest BCUT2D eigenvalue weighted by Gasteiger charge is 2.18. The molecule has 3 aromatic rings. The maximum absolute atomic E-state index is 12.6. The molecule has 1 aromatic heterocycles. The molecule has 3 rings (SSSR count). The summed E-state index contributed by atoms with van der Waals surface area (Å²) < 4.78 is 11.3. The second-order valence-corrected chi connectivity index (χ2v) is 9.45. The number of rotatable bonds is 9. The molecule has 12 heteroatoms. The molecule has 0 spiro atoms. The van der Waals surface area contributed by atoms with E-state index < -0.39 is 17.0 Å². The maximum atomic E-state index is 12.6. The lowest BCUT2D eigenvalue weighted by molar-refractivity contribution is -0.757. The molecule has 0 saturated carbocycles. The molecule has 0 saturated heterocycles. The van der Waals surface area contributed by atoms with Crippen LogP contribution in [0.1, 0.15) is 23.2 Å². The molecule has 1 heterocycles. The van der Waals surface area contributed by atoms with Gasteiger partial charge in [-0.1, -0.05) is 50.6 Å². The molecule has 0 N–H and O–H groups in total. The van der Waals surface area contributed by atoms with Crippen molar-refractivity contribution in [3.63, 3.8) is 0 Å². The van der Waals surface area contributed by atoms with Gasteiger partial charge in [0.2, 0.25) is 0 Å². The maximum Gasteiger partial charge on any atom is 0.345 e. The van der Waals surface area contributed by atoms with Gasteiger partial charge in [-0.2, -0.15) is 0 Å². The van der Waals surface area contributed by atoms with E-state index in [1.807, 2.05) is 18.2 Å². The third-order valence-electron chi connectivity index (χ3n) is 3.94. The van der Waals surface area contributed by atoms with Crippen molar-refractivity contribution in [3.8, 4) is 21.9 Å². The molecule has 0 fully saturated rings. The van der Waals surface area contributed by atoms with E-state index in [1.165, 1.54) is 28.5 Å². The highest BCUT2D eigenvalue weighted by Crippen LogP contribution is 2.32. The highest BCUT2D eigenvalue weighted by atomic mass is 35.5. The van der Waals surface area contributed by atoms with Crippen LogP contribution in [0.5, 0.6) is 11.5 Å². The smallest absolute Gasteiger partial charge is 0.345 e. The molecule has 0 unspecified atom stereocenters. The zero-order chi connectivity index (χ0) is 23.1. The zero-order valence-electron chi connectivity index (χ0n) is 16.1. The Morgan fingerprint density at radius 1 is 1.09 bits per heavy atom. The number of carbonyl (C=O) groups is 2. The van der Waals surface area contributed by atoms with E-state index in [1.54, 1.807) is 22.5 Å². The van der Waals surface area contributed by atoms with E-state index in [4.69, 9.17) is 33.3 Å². The first-order valence-corrected chi connectivity index (χ1v) is 12.0. The van der Waals surface area contributed by atoms with Gasteiger partial charge < -0.3 is 14.3 Å². The van der Waals surface area contributed by atoms with Crippen molar-refractivity contribution in [3.05, 3.63) is 73.1 Å². The Bertz CT molecular complexity index is 1190. The molecule has 0 bridgehead atoms. The average Bonchev–Trinajstić information content (AvgIpc) is 3.19. The lowest BCUT2D eigenvalue weighted by Gasteiger charge is -2.10. The Morgan fingerprint density at radius 2 is 1.84 bits per heavy atom. The average molecular weight is 512 g/mol. The van der Waals surface area contributed by atoms with Gasteiger partial charge in [-0.3, -0.25) is 4.79 Å². The Kier molecular flexibility index (Phi) is 8.28. The number of benzene rings is 2. The quantitative estimate of drug-likeness (QED) is 0.0657. The van der Waals surface area contributed by atoms with Gasteiger partial charge in [0.15, 0.2) is 0 Å². The first-order valence-electron chi connectivity index (χ1n) is 9.03. The summed E-state index contributed by atoms with van der Waals surface area (Å²) in [7, 11) is 3.08. The molecular formula is C20H14ClNO7S3. The molecule has 8 nitrogen and oxygen atoms in total. The van der Waals surface area contributed by atoms with Crippen molar-refractivity contribution >= 4 is 56.4 Å². The Morgan fingerprint density at radius 3 is 2.50 bits per heavy atom. The van der Waals surface area contributed by atoms with Crippen LogP contribution in [-0.4, -0.2) is 23.6 Å². The monoisotopic (exact) mass is 511 g/mol. The van der Waals surface area contributed by atoms with Crippen LogP contribution in [-0.2, 0) is 9.63 Å². The van der Waals surface area contributed by atoms with Gasteiger partial charge in [0.05, 0.1) is 17.2 Å². The molecule has 0 atom stereocenters. The third kappa shape index (κ3) is 6.57. The predicted octanol–water partition coefficient (Wildman–Crippen LogP) is 5.97. The second kappa shape index (κ2) is 11.1. The molecule has 0 aliphatic rings. The fourth-order valence-corrected chi connectivity index (χ4v) is 5.14. The van der Waals surface area contributed by atoms with E-state index in [0.717, 1.165) is 14.3 Å². The summed E-state index contributed by atoms with van der Waals surface area (Å²) in [4.78, 5) is 39.7. The van der Waals surface area contributed by atoms with Crippen LogP contribution in [0.15, 0.2) is 48.5 Å². The largest absolute Gasteiger partial charge is 0.425 e. The Balaban J connectivity index is 1.62. The van der Waals surface area contributed by atoms with E-state index in [9.17, 15) is 19.7 Å². The van der Waals surface area contributed by atoms with Crippen molar-refractivity contribution < 1.29 is 29.0 Å². The van der Waals surface area contributed by atoms with E-state index in [0.29, 0.717) is 5.75 Å². The first kappa shape index (κ1) is 23.8. The number of hydrogen-bond acceptors (Lipinski definition) is 10. The van der Waals surface area contributed by atoms with E-state index in [-0.39, 0.29) is 35.8 Å². The zero-order valence-corrected chi connectivity index (χ0v) is 19.4. The van der Waals surface area contributed by atoms with Crippen LogP contribution < -0.4 is 9.47 Å². The van der Waals surface area contributed by atoms with Crippen molar-refractivity contribution in [2.45, 2.75) is 12.8 Å². The number of ether oxygens (including phenoxy) is 2. The van der Waals surface area contributed by atoms with Crippen LogP contribution in [0.2, 0.25) is 5.02 Å². The lowest BCUT2D eigenvalue weighted by atomic mass is 10.2. The second-order valence-electron chi connectivity index (χ2n) is 6.16. The van der Waals surface area contributed by atoms with Gasteiger partial charge in [0.25, 0.3) is 5.09 Å². The standard InChI is InChI=1S/C20H14ClNO7S3/c21-19-14(3-1-4-15(19)29-17(23)5-2-10-27-22(25)26)20(24)28-13-8-6-12(7-9-13)16-11-18(30)32-31-16/h1,3-4,6-9,11H,2,5,10H2. The third-order valence-corrected chi connectivity index (χ3v) is 7.24. The molecule has 32 heavy (non-hydrogen) atoms. The van der Waals surface area contributed by atoms with E-state index in [2.05, 4.69) is 4.84 Å². The van der Waals surface area contributed by atoms with Crippen molar-refractivity contribution in [2.24, 2.45) is 0 Å². The summed E-state index contributed by atoms with van der Waals surface area (Å²) in [6, 6.07) is 13.2. The molecule has 0 amide bonds. The summed E-state index contributed by atoms with van der Waals surface area (Å²) in [6.45, 7) is -0.234. The van der Waals surface area contributed by atoms with Crippen molar-refractivity contribution in [2.75, 3.05) is 6.61 Å². The van der Waals surface area contributed by atoms with Gasteiger partial charge in [-0.15, -0.1) is 10.1 Å². The summed E-state index contributed by atoms with van der Waals surface area (Å²) in [5.74, 6) is -1.08. The topological polar surface area (TPSA) is 105 Å². The van der Waals surface area contributed by atoms with Gasteiger partial charge in [-0.25, -0.2) is 4.79 Å². The normalized spacial score (nSPS) is 10.4. The van der Waals surface area contributed by atoms with Crippen molar-refractivity contribution in [1.29, 1.82) is 0 Å². The van der Waals surface area contributed by atoms with Gasteiger partial charge in [0.1, 0.15) is 15.3 Å². The minimum atomic E-state index is -0.940. The van der Waals surface area contributed by atoms with Crippen molar-refractivity contribution in [1.82, 2.24) is 0 Å². The highest BCUT2D eigenvalue weighted by molar-refractivity contribution is 7.80. The van der Waals surface area contributed by atoms with E-state index >= 15 is 0 Å². The fourth-order valence-electron chi connectivity index (χ4n) is 2.50. The summed E-state index contributed by atoms with van der Waals surface area (Å²) in [5, 5.41) is 9.08. The lowest BCUT2D eigenvalue weighted by Crippen LogP contribution is -2.13. The Labute approximate surface area is 199 Å². The van der Waals surface area contributed by atoms with Crippen LogP contribution in [0.3, 0.4) is 0 Å². The number of esters is 2. The van der Waals surface area contributed by atoms with Gasteiger partial charge in [-0.05, 0) is 54.4 Å². The first-order chi connectivity index (χ1) is 15.3. The van der Waals surface area contributed by atoms with Crippen LogP contribution in [0.25, 0.3) is 10.4 Å². The summed E-state index contributed by atoms with van der Waals surface area (Å²) in [6.07, 6.45) is -0.0296. The fraction of sp³-hybridized carbons (Fsp3) is 0.150. The SMILES string of the molecule is O=C(CCCO[N+](=O)[O-])Oc1cccc(C(=O)Oc2ccc(-c3cc(=S)ss3)cc2)c1Cl. The molecule has 166 valence electrons. The van der Waals surface area contributed by atoms with Crippen LogP contribution in [0, 0.1) is 13.9 Å². The minimum Gasteiger partial charge on any atom is -0.425 e. The summed E-state index contributed by atoms with van der Waals surface area (Å²) in [5.41, 5.74) is 0.978. The Hall–Kier alpha value is -2.86. The molecule has 0 aliphatic heterocycles. The summed E-state index contributed by atoms with van der Waals surface area (Å²) >= 11 is 11.4. The molecule has 0 radical (unpaired) electrons. The predicted molar refractivity (Wildman–Crippen MR) is 123 cm³/mol.